The Morgan fingerprint density at radius 1 is 1.38 bits per heavy atom. The van der Waals surface area contributed by atoms with Gasteiger partial charge in [-0.05, 0) is 18.8 Å². The van der Waals surface area contributed by atoms with Crippen molar-refractivity contribution < 1.29 is 23.9 Å². The number of nitrogens with zero attached hydrogens (tertiary/aromatic N) is 1. The summed E-state index contributed by atoms with van der Waals surface area (Å²) in [7, 11) is 0. The number of amides is 2. The molecule has 2 unspecified atom stereocenters. The van der Waals surface area contributed by atoms with Gasteiger partial charge in [-0.3, -0.25) is 9.59 Å². The average Bonchev–Trinajstić information content (AvgIpc) is 2.96. The largest absolute Gasteiger partial charge is 0.478 e. The van der Waals surface area contributed by atoms with Crippen LogP contribution in [0.2, 0.25) is 0 Å². The number of furan rings is 1. The molecule has 2 N–H and O–H groups in total. The molecule has 0 bridgehead atoms. The summed E-state index contributed by atoms with van der Waals surface area (Å²) in [5.41, 5.74) is -0.0295. The number of fused-ring (bicyclic) bond motifs is 1. The number of carboxylic acid groups (broad SMARTS) is 1. The number of hydrogen-bond donors (Lipinski definition) is 2. The Hall–Kier alpha value is -2.31. The van der Waals surface area contributed by atoms with Crippen LogP contribution in [0.15, 0.2) is 16.7 Å². The Morgan fingerprint density at radius 2 is 2.19 bits per heavy atom. The van der Waals surface area contributed by atoms with Gasteiger partial charge in [-0.25, -0.2) is 4.79 Å². The second-order valence-electron chi connectivity index (χ2n) is 5.52. The van der Waals surface area contributed by atoms with E-state index >= 15 is 0 Å². The molecule has 2 fully saturated rings. The van der Waals surface area contributed by atoms with Gasteiger partial charge in [0.05, 0.1) is 5.56 Å². The van der Waals surface area contributed by atoms with E-state index in [2.05, 4.69) is 5.32 Å². The van der Waals surface area contributed by atoms with E-state index in [9.17, 15) is 14.4 Å². The smallest absolute Gasteiger partial charge is 0.338 e. The van der Waals surface area contributed by atoms with Crippen LogP contribution in [0.25, 0.3) is 0 Å². The normalized spacial score (nSPS) is 25.1. The van der Waals surface area contributed by atoms with Crippen LogP contribution in [0.5, 0.6) is 0 Å². The fraction of sp³-hybridized carbons (Fsp3) is 0.500. The minimum absolute atomic E-state index is 0.0295. The van der Waals surface area contributed by atoms with Gasteiger partial charge in [0.1, 0.15) is 6.26 Å². The predicted octanol–water partition coefficient (Wildman–Crippen LogP) is 0.719. The lowest BCUT2D eigenvalue weighted by Crippen LogP contribution is -2.55. The molecule has 112 valence electrons. The van der Waals surface area contributed by atoms with Crippen molar-refractivity contribution in [2.24, 2.45) is 5.92 Å². The maximum atomic E-state index is 12.3. The molecule has 2 saturated heterocycles. The van der Waals surface area contributed by atoms with E-state index in [1.165, 1.54) is 6.07 Å². The zero-order valence-electron chi connectivity index (χ0n) is 11.4. The third-order valence-corrected chi connectivity index (χ3v) is 4.17. The van der Waals surface area contributed by atoms with E-state index in [1.807, 2.05) is 0 Å². The highest BCUT2D eigenvalue weighted by molar-refractivity contribution is 5.95. The molecular weight excluding hydrogens is 276 g/mol. The molecule has 21 heavy (non-hydrogen) atoms. The second-order valence-corrected chi connectivity index (χ2v) is 5.52. The molecule has 0 spiro atoms. The molecule has 7 heteroatoms. The average molecular weight is 292 g/mol. The number of aromatic carboxylic acids is 1. The number of carboxylic acids is 1. The maximum absolute atomic E-state index is 12.3. The molecule has 0 aromatic carbocycles. The van der Waals surface area contributed by atoms with E-state index in [0.29, 0.717) is 25.9 Å². The van der Waals surface area contributed by atoms with E-state index in [0.717, 1.165) is 12.7 Å². The molecule has 3 heterocycles. The highest BCUT2D eigenvalue weighted by atomic mass is 16.4. The monoisotopic (exact) mass is 292 g/mol. The molecule has 3 rings (SSSR count). The van der Waals surface area contributed by atoms with E-state index in [4.69, 9.17) is 9.52 Å². The number of carbonyl (C=O) groups is 3. The van der Waals surface area contributed by atoms with Crippen molar-refractivity contribution in [2.45, 2.75) is 25.3 Å². The number of nitrogens with one attached hydrogen (secondary N) is 1. The SMILES string of the molecule is O=C1CCC2CN(C(=O)c3cc(C(=O)O)co3)CCC2N1. The topological polar surface area (TPSA) is 99.9 Å². The minimum Gasteiger partial charge on any atom is -0.478 e. The van der Waals surface area contributed by atoms with E-state index < -0.39 is 5.97 Å². The third kappa shape index (κ3) is 2.63. The van der Waals surface area contributed by atoms with Crippen LogP contribution >= 0.6 is 0 Å². The lowest BCUT2D eigenvalue weighted by molar-refractivity contribution is -0.125. The van der Waals surface area contributed by atoms with Gasteiger partial charge in [-0.1, -0.05) is 0 Å². The molecule has 1 aromatic rings. The van der Waals surface area contributed by atoms with E-state index in [1.54, 1.807) is 4.90 Å². The third-order valence-electron chi connectivity index (χ3n) is 4.17. The quantitative estimate of drug-likeness (QED) is 0.836. The molecule has 2 atom stereocenters. The van der Waals surface area contributed by atoms with Gasteiger partial charge in [-0.2, -0.15) is 0 Å². The summed E-state index contributed by atoms with van der Waals surface area (Å²) < 4.78 is 5.05. The van der Waals surface area contributed by atoms with Gasteiger partial charge >= 0.3 is 5.97 Å². The zero-order valence-corrected chi connectivity index (χ0v) is 11.4. The molecule has 2 amide bonds. The Kier molecular flexibility index (Phi) is 3.40. The summed E-state index contributed by atoms with van der Waals surface area (Å²) in [6.07, 6.45) is 3.06. The summed E-state index contributed by atoms with van der Waals surface area (Å²) in [5, 5.41) is 11.8. The van der Waals surface area contributed by atoms with Crippen molar-refractivity contribution >= 4 is 17.8 Å². The molecule has 2 aliphatic rings. The Labute approximate surface area is 120 Å². The summed E-state index contributed by atoms with van der Waals surface area (Å²) in [6.45, 7) is 1.09. The van der Waals surface area contributed by atoms with Gasteiger partial charge in [0.2, 0.25) is 5.91 Å². The molecule has 0 saturated carbocycles. The van der Waals surface area contributed by atoms with Gasteiger partial charge in [0.15, 0.2) is 5.76 Å². The van der Waals surface area contributed by atoms with Crippen molar-refractivity contribution in [3.05, 3.63) is 23.7 Å². The second kappa shape index (κ2) is 5.23. The first-order valence-electron chi connectivity index (χ1n) is 6.95. The predicted molar refractivity (Wildman–Crippen MR) is 70.8 cm³/mol. The first-order valence-corrected chi connectivity index (χ1v) is 6.95. The van der Waals surface area contributed by atoms with Crippen LogP contribution in [-0.2, 0) is 4.79 Å². The fourth-order valence-corrected chi connectivity index (χ4v) is 3.01. The van der Waals surface area contributed by atoms with Crippen LogP contribution in [0, 0.1) is 5.92 Å². The first kappa shape index (κ1) is 13.7. The van der Waals surface area contributed by atoms with Crippen LogP contribution in [0.1, 0.15) is 40.2 Å². The van der Waals surface area contributed by atoms with Gasteiger partial charge in [-0.15, -0.1) is 0 Å². The van der Waals surface area contributed by atoms with Gasteiger partial charge < -0.3 is 19.7 Å². The van der Waals surface area contributed by atoms with Crippen molar-refractivity contribution in [1.82, 2.24) is 10.2 Å². The van der Waals surface area contributed by atoms with Crippen LogP contribution in [0.4, 0.5) is 0 Å². The van der Waals surface area contributed by atoms with Crippen molar-refractivity contribution in [2.75, 3.05) is 13.1 Å². The number of hydrogen-bond acceptors (Lipinski definition) is 4. The van der Waals surface area contributed by atoms with Crippen molar-refractivity contribution in [1.29, 1.82) is 0 Å². The molecular formula is C14H16N2O5. The Morgan fingerprint density at radius 3 is 2.90 bits per heavy atom. The highest BCUT2D eigenvalue weighted by Crippen LogP contribution is 2.26. The molecule has 0 radical (unpaired) electrons. The number of rotatable bonds is 2. The van der Waals surface area contributed by atoms with Crippen LogP contribution in [0.3, 0.4) is 0 Å². The minimum atomic E-state index is -1.12. The lowest BCUT2D eigenvalue weighted by Gasteiger charge is -2.41. The Bertz CT molecular complexity index is 594. The number of carbonyl (C=O) groups excluding carboxylic acids is 2. The summed E-state index contributed by atoms with van der Waals surface area (Å²) in [6, 6.07) is 1.39. The first-order chi connectivity index (χ1) is 10.0. The summed E-state index contributed by atoms with van der Waals surface area (Å²) in [5.74, 6) is -1.03. The van der Waals surface area contributed by atoms with Crippen LogP contribution in [-0.4, -0.2) is 46.9 Å². The molecule has 7 nitrogen and oxygen atoms in total. The van der Waals surface area contributed by atoms with Crippen molar-refractivity contribution in [3.63, 3.8) is 0 Å². The van der Waals surface area contributed by atoms with Gasteiger partial charge in [0.25, 0.3) is 5.91 Å². The van der Waals surface area contributed by atoms with Crippen molar-refractivity contribution in [3.8, 4) is 0 Å². The standard InChI is InChI=1S/C14H16N2O5/c17-12-2-1-8-6-16(4-3-10(8)15-12)13(18)11-5-9(7-21-11)14(19)20/h5,7-8,10H,1-4,6H2,(H,15,17)(H,19,20). The zero-order chi connectivity index (χ0) is 15.0. The number of likely N-dealkylation sites (tertiary alicyclic amines) is 1. The molecule has 0 aliphatic carbocycles. The number of piperidine rings is 2. The van der Waals surface area contributed by atoms with E-state index in [-0.39, 0.29) is 35.1 Å². The Balaban J connectivity index is 1.68. The summed E-state index contributed by atoms with van der Waals surface area (Å²) in [4.78, 5) is 36.2. The highest BCUT2D eigenvalue weighted by Gasteiger charge is 2.36. The fourth-order valence-electron chi connectivity index (χ4n) is 3.01. The lowest BCUT2D eigenvalue weighted by atomic mass is 9.85. The maximum Gasteiger partial charge on any atom is 0.338 e. The molecule has 1 aromatic heterocycles. The van der Waals surface area contributed by atoms with Crippen LogP contribution < -0.4 is 5.32 Å². The molecule has 2 aliphatic heterocycles. The summed E-state index contributed by atoms with van der Waals surface area (Å²) >= 11 is 0. The van der Waals surface area contributed by atoms with Gasteiger partial charge in [0, 0.05) is 31.6 Å².